The van der Waals surface area contributed by atoms with Crippen LogP contribution in [0.3, 0.4) is 0 Å². The van der Waals surface area contributed by atoms with E-state index in [1.165, 1.54) is 12.0 Å². The number of methoxy groups -OCH3 is 1. The van der Waals surface area contributed by atoms with Gasteiger partial charge in [0.1, 0.15) is 5.72 Å². The zero-order chi connectivity index (χ0) is 18.8. The standard InChI is InChI=1S/C19H27NO5/c1-13(14-10-8-7-9-11-14)15(16(21)23-6)25-17(22)20-18(2,3)12-24-19(20,4)5/h7-11,13,15H,12H2,1-6H3/t13-,15+/m0/s1. The summed E-state index contributed by atoms with van der Waals surface area (Å²) in [5.74, 6) is -0.923. The molecule has 2 atom stereocenters. The number of benzene rings is 1. The van der Waals surface area contributed by atoms with Crippen molar-refractivity contribution in [1.82, 2.24) is 4.90 Å². The van der Waals surface area contributed by atoms with E-state index in [2.05, 4.69) is 0 Å². The maximum absolute atomic E-state index is 12.9. The Labute approximate surface area is 149 Å². The highest BCUT2D eigenvalue weighted by atomic mass is 16.6. The first-order valence-electron chi connectivity index (χ1n) is 8.38. The van der Waals surface area contributed by atoms with Gasteiger partial charge >= 0.3 is 12.1 Å². The molecule has 1 fully saturated rings. The fourth-order valence-electron chi connectivity index (χ4n) is 3.24. The Morgan fingerprint density at radius 1 is 1.16 bits per heavy atom. The van der Waals surface area contributed by atoms with Crippen LogP contribution >= 0.6 is 0 Å². The van der Waals surface area contributed by atoms with Crippen molar-refractivity contribution in [3.63, 3.8) is 0 Å². The van der Waals surface area contributed by atoms with Crippen molar-refractivity contribution in [3.8, 4) is 0 Å². The van der Waals surface area contributed by atoms with Gasteiger partial charge < -0.3 is 14.2 Å². The number of carbonyl (C=O) groups is 2. The van der Waals surface area contributed by atoms with Gasteiger partial charge in [0, 0.05) is 5.92 Å². The molecule has 0 radical (unpaired) electrons. The number of hydrogen-bond acceptors (Lipinski definition) is 5. The minimum absolute atomic E-state index is 0.340. The van der Waals surface area contributed by atoms with Crippen LogP contribution < -0.4 is 0 Å². The molecule has 1 aromatic rings. The van der Waals surface area contributed by atoms with Crippen molar-refractivity contribution < 1.29 is 23.8 Å². The summed E-state index contributed by atoms with van der Waals surface area (Å²) in [4.78, 5) is 26.6. The molecule has 1 saturated heterocycles. The summed E-state index contributed by atoms with van der Waals surface area (Å²) in [6, 6.07) is 9.43. The average Bonchev–Trinajstić information content (AvgIpc) is 2.80. The maximum Gasteiger partial charge on any atom is 0.413 e. The van der Waals surface area contributed by atoms with Gasteiger partial charge in [-0.05, 0) is 33.3 Å². The zero-order valence-electron chi connectivity index (χ0n) is 15.7. The summed E-state index contributed by atoms with van der Waals surface area (Å²) in [7, 11) is 1.29. The third-order valence-electron chi connectivity index (χ3n) is 4.55. The molecule has 1 aliphatic heterocycles. The van der Waals surface area contributed by atoms with E-state index in [1.54, 1.807) is 13.8 Å². The minimum Gasteiger partial charge on any atom is -0.466 e. The average molecular weight is 349 g/mol. The lowest BCUT2D eigenvalue weighted by atomic mass is 9.95. The van der Waals surface area contributed by atoms with Gasteiger partial charge in [0.2, 0.25) is 6.10 Å². The predicted molar refractivity (Wildman–Crippen MR) is 93.1 cm³/mol. The van der Waals surface area contributed by atoms with E-state index in [0.717, 1.165) is 5.56 Å². The van der Waals surface area contributed by atoms with E-state index in [4.69, 9.17) is 14.2 Å². The number of rotatable bonds is 4. The van der Waals surface area contributed by atoms with Crippen LogP contribution in [0.15, 0.2) is 30.3 Å². The second kappa shape index (κ2) is 7.04. The smallest absolute Gasteiger partial charge is 0.413 e. The molecular weight excluding hydrogens is 322 g/mol. The van der Waals surface area contributed by atoms with Gasteiger partial charge in [-0.15, -0.1) is 0 Å². The second-order valence-electron chi connectivity index (χ2n) is 7.41. The van der Waals surface area contributed by atoms with Crippen LogP contribution in [0.25, 0.3) is 0 Å². The van der Waals surface area contributed by atoms with E-state index in [1.807, 2.05) is 51.1 Å². The highest BCUT2D eigenvalue weighted by Crippen LogP contribution is 2.36. The molecule has 0 spiro atoms. The normalized spacial score (nSPS) is 20.6. The Morgan fingerprint density at radius 2 is 1.76 bits per heavy atom. The van der Waals surface area contributed by atoms with E-state index < -0.39 is 29.4 Å². The Morgan fingerprint density at radius 3 is 2.24 bits per heavy atom. The Hall–Kier alpha value is -2.08. The van der Waals surface area contributed by atoms with Crippen molar-refractivity contribution in [2.45, 2.75) is 57.9 Å². The molecule has 0 unspecified atom stereocenters. The summed E-state index contributed by atoms with van der Waals surface area (Å²) in [6.07, 6.45) is -1.63. The third kappa shape index (κ3) is 3.95. The van der Waals surface area contributed by atoms with E-state index in [-0.39, 0.29) is 5.92 Å². The largest absolute Gasteiger partial charge is 0.466 e. The van der Waals surface area contributed by atoms with Crippen molar-refractivity contribution in [3.05, 3.63) is 35.9 Å². The van der Waals surface area contributed by atoms with Crippen LogP contribution in [0.4, 0.5) is 4.79 Å². The first kappa shape index (κ1) is 19.2. The molecule has 0 aromatic heterocycles. The summed E-state index contributed by atoms with van der Waals surface area (Å²) < 4.78 is 16.2. The van der Waals surface area contributed by atoms with Crippen LogP contribution in [-0.4, -0.2) is 48.0 Å². The van der Waals surface area contributed by atoms with Crippen molar-refractivity contribution in [1.29, 1.82) is 0 Å². The fourth-order valence-corrected chi connectivity index (χ4v) is 3.24. The summed E-state index contributed by atoms with van der Waals surface area (Å²) >= 11 is 0. The number of hydrogen-bond donors (Lipinski definition) is 0. The molecular formula is C19H27NO5. The third-order valence-corrected chi connectivity index (χ3v) is 4.55. The number of carbonyl (C=O) groups excluding carboxylic acids is 2. The summed E-state index contributed by atoms with van der Waals surface area (Å²) in [6.45, 7) is 9.63. The second-order valence-corrected chi connectivity index (χ2v) is 7.41. The SMILES string of the molecule is COC(=O)[C@H](OC(=O)N1C(C)(C)COC1(C)C)[C@@H](C)c1ccccc1. The maximum atomic E-state index is 12.9. The van der Waals surface area contributed by atoms with Crippen molar-refractivity contribution in [2.24, 2.45) is 0 Å². The number of nitrogens with zero attached hydrogens (tertiary/aromatic N) is 1. The lowest BCUT2D eigenvalue weighted by Gasteiger charge is -2.38. The molecule has 25 heavy (non-hydrogen) atoms. The fraction of sp³-hybridized carbons (Fsp3) is 0.579. The lowest BCUT2D eigenvalue weighted by Crippen LogP contribution is -2.54. The molecule has 2 rings (SSSR count). The Balaban J connectivity index is 2.25. The minimum atomic E-state index is -1.04. The molecule has 0 N–H and O–H groups in total. The molecule has 0 saturated carbocycles. The van der Waals surface area contributed by atoms with Crippen LogP contribution in [0.2, 0.25) is 0 Å². The zero-order valence-corrected chi connectivity index (χ0v) is 15.7. The molecule has 0 bridgehead atoms. The summed E-state index contributed by atoms with van der Waals surface area (Å²) in [5, 5.41) is 0. The highest BCUT2D eigenvalue weighted by molar-refractivity contribution is 5.80. The van der Waals surface area contributed by atoms with Crippen LogP contribution in [0.1, 0.15) is 46.1 Å². The topological polar surface area (TPSA) is 65.1 Å². The van der Waals surface area contributed by atoms with Crippen LogP contribution in [0, 0.1) is 0 Å². The van der Waals surface area contributed by atoms with Gasteiger partial charge in [-0.3, -0.25) is 4.90 Å². The Kier molecular flexibility index (Phi) is 5.42. The first-order valence-corrected chi connectivity index (χ1v) is 8.38. The quantitative estimate of drug-likeness (QED) is 0.780. The predicted octanol–water partition coefficient (Wildman–Crippen LogP) is 3.32. The van der Waals surface area contributed by atoms with E-state index in [9.17, 15) is 9.59 Å². The molecule has 6 heteroatoms. The lowest BCUT2D eigenvalue weighted by molar-refractivity contribution is -0.153. The number of ether oxygens (including phenoxy) is 3. The van der Waals surface area contributed by atoms with Crippen LogP contribution in [-0.2, 0) is 19.0 Å². The van der Waals surface area contributed by atoms with Crippen molar-refractivity contribution in [2.75, 3.05) is 13.7 Å². The van der Waals surface area contributed by atoms with Gasteiger partial charge in [0.15, 0.2) is 0 Å². The highest BCUT2D eigenvalue weighted by Gasteiger charge is 2.50. The Bertz CT molecular complexity index is 610. The summed E-state index contributed by atoms with van der Waals surface area (Å²) in [5.41, 5.74) is -0.448. The molecule has 1 heterocycles. The molecule has 138 valence electrons. The number of amides is 1. The molecule has 1 aliphatic rings. The van der Waals surface area contributed by atoms with Gasteiger partial charge in [-0.1, -0.05) is 37.3 Å². The molecule has 0 aliphatic carbocycles. The van der Waals surface area contributed by atoms with Gasteiger partial charge in [0.25, 0.3) is 0 Å². The molecule has 1 aromatic carbocycles. The van der Waals surface area contributed by atoms with Gasteiger partial charge in [0.05, 0.1) is 19.3 Å². The monoisotopic (exact) mass is 349 g/mol. The first-order chi connectivity index (χ1) is 11.6. The molecule has 6 nitrogen and oxygen atoms in total. The van der Waals surface area contributed by atoms with E-state index >= 15 is 0 Å². The molecule has 1 amide bonds. The van der Waals surface area contributed by atoms with E-state index in [0.29, 0.717) is 6.61 Å². The van der Waals surface area contributed by atoms with Gasteiger partial charge in [-0.2, -0.15) is 0 Å². The van der Waals surface area contributed by atoms with Crippen molar-refractivity contribution >= 4 is 12.1 Å². The number of esters is 1. The van der Waals surface area contributed by atoms with Gasteiger partial charge in [-0.25, -0.2) is 9.59 Å². The van der Waals surface area contributed by atoms with Crippen LogP contribution in [0.5, 0.6) is 0 Å².